The van der Waals surface area contributed by atoms with E-state index in [2.05, 4.69) is 10.1 Å². The molecule has 2 heterocycles. The Morgan fingerprint density at radius 2 is 1.88 bits per heavy atom. The van der Waals surface area contributed by atoms with Gasteiger partial charge >= 0.3 is 0 Å². The highest BCUT2D eigenvalue weighted by atomic mass is 15.3. The van der Waals surface area contributed by atoms with Gasteiger partial charge in [-0.2, -0.15) is 0 Å². The van der Waals surface area contributed by atoms with Gasteiger partial charge in [0.1, 0.15) is 11.5 Å². The maximum Gasteiger partial charge on any atom is 0.179 e. The van der Waals surface area contributed by atoms with Gasteiger partial charge in [0, 0.05) is 5.56 Å². The van der Waals surface area contributed by atoms with Crippen molar-refractivity contribution in [2.45, 2.75) is 0 Å². The minimum atomic E-state index is 0.446. The lowest BCUT2D eigenvalue weighted by atomic mass is 10.2. The zero-order chi connectivity index (χ0) is 11.1. The van der Waals surface area contributed by atoms with E-state index in [0.717, 1.165) is 11.3 Å². The molecule has 0 atom stereocenters. The smallest absolute Gasteiger partial charge is 0.179 e. The number of nitrogens with zero attached hydrogens (tertiary/aromatic N) is 2. The Balaban J connectivity index is 2.20. The van der Waals surface area contributed by atoms with Crippen LogP contribution in [0.4, 0.5) is 11.5 Å². The average molecular weight is 213 g/mol. The monoisotopic (exact) mass is 213 g/mol. The molecule has 0 radical (unpaired) electrons. The maximum absolute atomic E-state index is 5.79. The van der Waals surface area contributed by atoms with Gasteiger partial charge in [-0.05, 0) is 0 Å². The molecule has 0 unspecified atom stereocenters. The highest BCUT2D eigenvalue weighted by molar-refractivity contribution is 5.78. The van der Waals surface area contributed by atoms with Crippen LogP contribution < -0.4 is 11.5 Å². The van der Waals surface area contributed by atoms with Gasteiger partial charge in [-0.3, -0.25) is 5.10 Å². The molecule has 16 heavy (non-hydrogen) atoms. The molecule has 0 aliphatic rings. The van der Waals surface area contributed by atoms with Crippen molar-refractivity contribution in [1.82, 2.24) is 14.6 Å². The van der Waals surface area contributed by atoms with E-state index in [1.807, 2.05) is 36.5 Å². The predicted molar refractivity (Wildman–Crippen MR) is 63.8 cm³/mol. The summed E-state index contributed by atoms with van der Waals surface area (Å²) in [5, 5.41) is 2.92. The van der Waals surface area contributed by atoms with E-state index in [1.165, 1.54) is 0 Å². The van der Waals surface area contributed by atoms with Crippen LogP contribution in [-0.4, -0.2) is 14.6 Å². The summed E-state index contributed by atoms with van der Waals surface area (Å²) >= 11 is 0. The Kier molecular flexibility index (Phi) is 1.67. The van der Waals surface area contributed by atoms with Crippen molar-refractivity contribution >= 4 is 17.2 Å². The van der Waals surface area contributed by atoms with E-state index in [-0.39, 0.29) is 0 Å². The molecule has 5 nitrogen and oxygen atoms in total. The van der Waals surface area contributed by atoms with Gasteiger partial charge in [0.05, 0.1) is 11.9 Å². The Morgan fingerprint density at radius 1 is 1.12 bits per heavy atom. The van der Waals surface area contributed by atoms with Crippen LogP contribution in [0.3, 0.4) is 0 Å². The van der Waals surface area contributed by atoms with E-state index in [9.17, 15) is 0 Å². The molecule has 3 rings (SSSR count). The van der Waals surface area contributed by atoms with Crippen molar-refractivity contribution in [3.05, 3.63) is 36.5 Å². The minimum Gasteiger partial charge on any atom is -0.393 e. The highest BCUT2D eigenvalue weighted by Crippen LogP contribution is 2.24. The van der Waals surface area contributed by atoms with Gasteiger partial charge in [-0.15, -0.1) is 0 Å². The largest absolute Gasteiger partial charge is 0.393 e. The number of hydrogen-bond acceptors (Lipinski definition) is 3. The molecule has 0 amide bonds. The molecule has 0 spiro atoms. The molecule has 3 aromatic rings. The maximum atomic E-state index is 5.79. The molecular weight excluding hydrogens is 202 g/mol. The normalized spacial score (nSPS) is 11.0. The topological polar surface area (TPSA) is 85.1 Å². The summed E-state index contributed by atoms with van der Waals surface area (Å²) in [5.41, 5.74) is 14.5. The second kappa shape index (κ2) is 3.03. The van der Waals surface area contributed by atoms with Crippen molar-refractivity contribution in [3.8, 4) is 11.3 Å². The van der Waals surface area contributed by atoms with E-state index >= 15 is 0 Å². The van der Waals surface area contributed by atoms with Crippen molar-refractivity contribution in [2.24, 2.45) is 0 Å². The number of nitrogens with one attached hydrogen (secondary N) is 1. The summed E-state index contributed by atoms with van der Waals surface area (Å²) in [7, 11) is 0. The summed E-state index contributed by atoms with van der Waals surface area (Å²) in [6.45, 7) is 0. The van der Waals surface area contributed by atoms with E-state index in [4.69, 9.17) is 11.5 Å². The van der Waals surface area contributed by atoms with Crippen molar-refractivity contribution in [3.63, 3.8) is 0 Å². The number of nitrogens with two attached hydrogens (primary N) is 2. The molecule has 0 aliphatic heterocycles. The molecule has 0 aliphatic carbocycles. The van der Waals surface area contributed by atoms with Crippen LogP contribution in [0.25, 0.3) is 16.9 Å². The number of rotatable bonds is 1. The first-order chi connectivity index (χ1) is 7.75. The zero-order valence-corrected chi connectivity index (χ0v) is 8.51. The molecule has 5 N–H and O–H groups in total. The first-order valence-electron chi connectivity index (χ1n) is 4.93. The standard InChI is InChI=1S/C11H11N5/c12-9-10(13)15-16-6-8(14-11(9)16)7-4-2-1-3-5-7/h1-6,15H,12-13H2. The van der Waals surface area contributed by atoms with Gasteiger partial charge in [0.15, 0.2) is 5.65 Å². The number of aromatic amines is 1. The van der Waals surface area contributed by atoms with Crippen LogP contribution in [0.5, 0.6) is 0 Å². The molecular formula is C11H11N5. The van der Waals surface area contributed by atoms with Gasteiger partial charge in [-0.25, -0.2) is 9.50 Å². The first kappa shape index (κ1) is 8.84. The van der Waals surface area contributed by atoms with E-state index in [0.29, 0.717) is 17.2 Å². The Hall–Kier alpha value is -2.43. The van der Waals surface area contributed by atoms with Crippen LogP contribution >= 0.6 is 0 Å². The second-order valence-electron chi connectivity index (χ2n) is 3.62. The van der Waals surface area contributed by atoms with Crippen molar-refractivity contribution in [1.29, 1.82) is 0 Å². The van der Waals surface area contributed by atoms with Crippen molar-refractivity contribution in [2.75, 3.05) is 11.5 Å². The lowest BCUT2D eigenvalue weighted by Crippen LogP contribution is -1.92. The molecule has 0 saturated carbocycles. The number of nitrogen functional groups attached to an aromatic ring is 2. The lowest BCUT2D eigenvalue weighted by Gasteiger charge is -1.93. The van der Waals surface area contributed by atoms with Gasteiger partial charge in [0.2, 0.25) is 0 Å². The zero-order valence-electron chi connectivity index (χ0n) is 8.51. The highest BCUT2D eigenvalue weighted by Gasteiger charge is 2.10. The summed E-state index contributed by atoms with van der Waals surface area (Å²) in [6.07, 6.45) is 1.87. The fraction of sp³-hybridized carbons (Fsp3) is 0. The average Bonchev–Trinajstić information content (AvgIpc) is 2.82. The minimum absolute atomic E-state index is 0.446. The Bertz CT molecular complexity index is 635. The Labute approximate surface area is 91.7 Å². The quantitative estimate of drug-likeness (QED) is 0.572. The van der Waals surface area contributed by atoms with Crippen LogP contribution in [0.1, 0.15) is 0 Å². The first-order valence-corrected chi connectivity index (χ1v) is 4.93. The number of fused-ring (bicyclic) bond motifs is 1. The third kappa shape index (κ3) is 1.15. The fourth-order valence-corrected chi connectivity index (χ4v) is 1.71. The second-order valence-corrected chi connectivity index (χ2v) is 3.62. The number of H-pyrrole nitrogens is 1. The van der Waals surface area contributed by atoms with E-state index < -0.39 is 0 Å². The molecule has 0 fully saturated rings. The molecule has 5 heteroatoms. The van der Waals surface area contributed by atoms with E-state index in [1.54, 1.807) is 4.52 Å². The molecule has 80 valence electrons. The summed E-state index contributed by atoms with van der Waals surface area (Å²) < 4.78 is 1.73. The predicted octanol–water partition coefficient (Wildman–Crippen LogP) is 1.49. The Morgan fingerprint density at radius 3 is 2.56 bits per heavy atom. The molecule has 1 aromatic carbocycles. The summed E-state index contributed by atoms with van der Waals surface area (Å²) in [6, 6.07) is 9.92. The van der Waals surface area contributed by atoms with Gasteiger partial charge in [0.25, 0.3) is 0 Å². The number of imidazole rings is 1. The van der Waals surface area contributed by atoms with Crippen LogP contribution in [0, 0.1) is 0 Å². The SMILES string of the molecule is Nc1[nH]n2cc(-c3ccccc3)nc2c1N. The van der Waals surface area contributed by atoms with Crippen molar-refractivity contribution < 1.29 is 0 Å². The number of aromatic nitrogens is 3. The third-order valence-electron chi connectivity index (χ3n) is 2.55. The third-order valence-corrected chi connectivity index (χ3v) is 2.55. The van der Waals surface area contributed by atoms with Crippen LogP contribution in [-0.2, 0) is 0 Å². The number of benzene rings is 1. The number of hydrogen-bond donors (Lipinski definition) is 3. The summed E-state index contributed by atoms with van der Waals surface area (Å²) in [5.74, 6) is 0.446. The van der Waals surface area contributed by atoms with Gasteiger partial charge in [-0.1, -0.05) is 30.3 Å². The molecule has 2 aromatic heterocycles. The molecule has 0 bridgehead atoms. The van der Waals surface area contributed by atoms with Gasteiger partial charge < -0.3 is 11.5 Å². The van der Waals surface area contributed by atoms with Crippen LogP contribution in [0.2, 0.25) is 0 Å². The summed E-state index contributed by atoms with van der Waals surface area (Å²) in [4.78, 5) is 4.43. The van der Waals surface area contributed by atoms with Crippen LogP contribution in [0.15, 0.2) is 36.5 Å². The number of anilines is 2. The fourth-order valence-electron chi connectivity index (χ4n) is 1.71. The molecule has 0 saturated heterocycles. The lowest BCUT2D eigenvalue weighted by molar-refractivity contribution is 0.981.